The van der Waals surface area contributed by atoms with Gasteiger partial charge in [-0.15, -0.1) is 0 Å². The molecule has 2 atom stereocenters. The minimum atomic E-state index is -4.11. The van der Waals surface area contributed by atoms with Gasteiger partial charge in [0.2, 0.25) is 5.91 Å². The number of alkyl halides is 3. The molecule has 0 spiro atoms. The van der Waals surface area contributed by atoms with Gasteiger partial charge in [-0.25, -0.2) is 0 Å². The van der Waals surface area contributed by atoms with E-state index in [1.807, 2.05) is 0 Å². The third kappa shape index (κ3) is 3.45. The number of nitrogens with two attached hydrogens (primary N) is 1. The lowest BCUT2D eigenvalue weighted by Crippen LogP contribution is -2.51. The first kappa shape index (κ1) is 15.6. The van der Waals surface area contributed by atoms with Gasteiger partial charge in [0.05, 0.1) is 5.92 Å². The molecule has 2 aliphatic rings. The van der Waals surface area contributed by atoms with Crippen LogP contribution in [0.1, 0.15) is 39.0 Å². The number of likely N-dealkylation sites (tertiary alicyclic amines) is 1. The van der Waals surface area contributed by atoms with Crippen molar-refractivity contribution in [2.45, 2.75) is 51.2 Å². The van der Waals surface area contributed by atoms with Gasteiger partial charge in [0.15, 0.2) is 0 Å². The molecule has 2 unspecified atom stereocenters. The average molecular weight is 292 g/mol. The predicted molar refractivity (Wildman–Crippen MR) is 69.8 cm³/mol. The second-order valence-electron chi connectivity index (χ2n) is 6.30. The maximum absolute atomic E-state index is 12.6. The largest absolute Gasteiger partial charge is 0.391 e. The zero-order valence-corrected chi connectivity index (χ0v) is 11.8. The summed E-state index contributed by atoms with van der Waals surface area (Å²) >= 11 is 0. The third-order valence-electron chi connectivity index (χ3n) is 4.87. The van der Waals surface area contributed by atoms with Crippen molar-refractivity contribution in [1.82, 2.24) is 4.90 Å². The van der Waals surface area contributed by atoms with Crippen molar-refractivity contribution in [2.75, 3.05) is 13.1 Å². The standard InChI is InChI=1S/C14H23F3N2O/c1-9-6-7-19(8-12(9)18)13(20)10-2-4-11(5-3-10)14(15,16)17/h9-12H,2-8,18H2,1H3. The zero-order chi connectivity index (χ0) is 14.9. The molecule has 1 amide bonds. The van der Waals surface area contributed by atoms with Crippen LogP contribution in [0.3, 0.4) is 0 Å². The molecule has 20 heavy (non-hydrogen) atoms. The van der Waals surface area contributed by atoms with Crippen LogP contribution in [0.25, 0.3) is 0 Å². The Morgan fingerprint density at radius 3 is 2.25 bits per heavy atom. The molecule has 0 aromatic carbocycles. The van der Waals surface area contributed by atoms with E-state index in [-0.39, 0.29) is 30.7 Å². The summed E-state index contributed by atoms with van der Waals surface area (Å²) in [5.41, 5.74) is 5.97. The van der Waals surface area contributed by atoms with Crippen LogP contribution in [-0.2, 0) is 4.79 Å². The fourth-order valence-corrected chi connectivity index (χ4v) is 3.23. The Hall–Kier alpha value is -0.780. The van der Waals surface area contributed by atoms with Crippen molar-refractivity contribution in [3.05, 3.63) is 0 Å². The molecule has 3 nitrogen and oxygen atoms in total. The van der Waals surface area contributed by atoms with Crippen LogP contribution in [0.5, 0.6) is 0 Å². The van der Waals surface area contributed by atoms with E-state index in [4.69, 9.17) is 5.73 Å². The maximum atomic E-state index is 12.6. The summed E-state index contributed by atoms with van der Waals surface area (Å²) in [7, 11) is 0. The molecule has 0 radical (unpaired) electrons. The Morgan fingerprint density at radius 1 is 1.15 bits per heavy atom. The molecule has 0 aromatic heterocycles. The van der Waals surface area contributed by atoms with Gasteiger partial charge < -0.3 is 10.6 Å². The average Bonchev–Trinajstić information content (AvgIpc) is 2.40. The highest BCUT2D eigenvalue weighted by molar-refractivity contribution is 5.79. The summed E-state index contributed by atoms with van der Waals surface area (Å²) in [4.78, 5) is 14.1. The van der Waals surface area contributed by atoms with Crippen molar-refractivity contribution >= 4 is 5.91 Å². The summed E-state index contributed by atoms with van der Waals surface area (Å²) in [6.07, 6.45) is -2.37. The van der Waals surface area contributed by atoms with Crippen molar-refractivity contribution in [3.63, 3.8) is 0 Å². The summed E-state index contributed by atoms with van der Waals surface area (Å²) in [6, 6.07) is -0.0146. The van der Waals surface area contributed by atoms with E-state index in [1.165, 1.54) is 0 Å². The second-order valence-corrected chi connectivity index (χ2v) is 6.30. The van der Waals surface area contributed by atoms with E-state index in [0.29, 0.717) is 31.8 Å². The number of rotatable bonds is 1. The van der Waals surface area contributed by atoms with E-state index in [1.54, 1.807) is 4.90 Å². The molecule has 0 aromatic rings. The number of hydrogen-bond acceptors (Lipinski definition) is 2. The third-order valence-corrected chi connectivity index (χ3v) is 4.87. The van der Waals surface area contributed by atoms with Gasteiger partial charge in [0.1, 0.15) is 0 Å². The molecular formula is C14H23F3N2O. The van der Waals surface area contributed by atoms with E-state index in [2.05, 4.69) is 6.92 Å². The number of halogens is 3. The van der Waals surface area contributed by atoms with Crippen molar-refractivity contribution in [2.24, 2.45) is 23.5 Å². The Labute approximate surface area is 117 Å². The molecule has 2 fully saturated rings. The molecule has 1 heterocycles. The molecule has 1 saturated carbocycles. The number of amides is 1. The van der Waals surface area contributed by atoms with Crippen LogP contribution in [0.2, 0.25) is 0 Å². The van der Waals surface area contributed by atoms with Crippen LogP contribution in [0.15, 0.2) is 0 Å². The summed E-state index contributed by atoms with van der Waals surface area (Å²) in [5.74, 6) is -1.06. The molecule has 116 valence electrons. The first-order chi connectivity index (χ1) is 9.29. The van der Waals surface area contributed by atoms with Gasteiger partial charge in [-0.3, -0.25) is 4.79 Å². The lowest BCUT2D eigenvalue weighted by molar-refractivity contribution is -0.185. The minimum Gasteiger partial charge on any atom is -0.341 e. The lowest BCUT2D eigenvalue weighted by atomic mass is 9.80. The van der Waals surface area contributed by atoms with Crippen molar-refractivity contribution in [3.8, 4) is 0 Å². The molecule has 1 aliphatic carbocycles. The molecule has 2 N–H and O–H groups in total. The zero-order valence-electron chi connectivity index (χ0n) is 11.8. The van der Waals surface area contributed by atoms with Gasteiger partial charge in [-0.1, -0.05) is 6.92 Å². The fraction of sp³-hybridized carbons (Fsp3) is 0.929. The molecule has 2 rings (SSSR count). The van der Waals surface area contributed by atoms with Crippen molar-refractivity contribution in [1.29, 1.82) is 0 Å². The molecule has 0 bridgehead atoms. The SMILES string of the molecule is CC1CCN(C(=O)C2CCC(C(F)(F)F)CC2)CC1N. The van der Waals surface area contributed by atoms with E-state index < -0.39 is 12.1 Å². The van der Waals surface area contributed by atoms with Crippen LogP contribution in [0.4, 0.5) is 13.2 Å². The number of nitrogens with zero attached hydrogens (tertiary/aromatic N) is 1. The minimum absolute atomic E-state index is 0.00738. The highest BCUT2D eigenvalue weighted by Crippen LogP contribution is 2.40. The lowest BCUT2D eigenvalue weighted by Gasteiger charge is -2.38. The predicted octanol–water partition coefficient (Wildman–Crippen LogP) is 2.55. The van der Waals surface area contributed by atoms with Crippen LogP contribution >= 0.6 is 0 Å². The summed E-state index contributed by atoms with van der Waals surface area (Å²) in [5, 5.41) is 0. The van der Waals surface area contributed by atoms with Gasteiger partial charge in [-0.05, 0) is 38.0 Å². The van der Waals surface area contributed by atoms with E-state index in [9.17, 15) is 18.0 Å². The smallest absolute Gasteiger partial charge is 0.341 e. The summed E-state index contributed by atoms with van der Waals surface area (Å²) in [6.45, 7) is 3.30. The summed E-state index contributed by atoms with van der Waals surface area (Å²) < 4.78 is 37.8. The van der Waals surface area contributed by atoms with Gasteiger partial charge >= 0.3 is 6.18 Å². The number of hydrogen-bond donors (Lipinski definition) is 1. The number of carbonyl (C=O) groups is 1. The Balaban J connectivity index is 1.86. The Bertz CT molecular complexity index is 351. The monoisotopic (exact) mass is 292 g/mol. The van der Waals surface area contributed by atoms with Crippen LogP contribution < -0.4 is 5.73 Å². The quantitative estimate of drug-likeness (QED) is 0.807. The highest BCUT2D eigenvalue weighted by atomic mass is 19.4. The van der Waals surface area contributed by atoms with Gasteiger partial charge in [0, 0.05) is 25.0 Å². The molecular weight excluding hydrogens is 269 g/mol. The fourth-order valence-electron chi connectivity index (χ4n) is 3.23. The molecule has 1 saturated heterocycles. The van der Waals surface area contributed by atoms with E-state index in [0.717, 1.165) is 6.42 Å². The second kappa shape index (κ2) is 5.92. The van der Waals surface area contributed by atoms with Crippen molar-refractivity contribution < 1.29 is 18.0 Å². The molecule has 1 aliphatic heterocycles. The molecule has 6 heteroatoms. The number of piperidine rings is 1. The van der Waals surface area contributed by atoms with Gasteiger partial charge in [0.25, 0.3) is 0 Å². The Morgan fingerprint density at radius 2 is 1.75 bits per heavy atom. The first-order valence-corrected chi connectivity index (χ1v) is 7.40. The van der Waals surface area contributed by atoms with Crippen LogP contribution in [-0.4, -0.2) is 36.1 Å². The maximum Gasteiger partial charge on any atom is 0.391 e. The van der Waals surface area contributed by atoms with Gasteiger partial charge in [-0.2, -0.15) is 13.2 Å². The highest BCUT2D eigenvalue weighted by Gasteiger charge is 2.43. The van der Waals surface area contributed by atoms with E-state index >= 15 is 0 Å². The first-order valence-electron chi connectivity index (χ1n) is 7.40. The number of carbonyl (C=O) groups excluding carboxylic acids is 1. The topological polar surface area (TPSA) is 46.3 Å². The Kier molecular flexibility index (Phi) is 4.62. The normalized spacial score (nSPS) is 36.0. The van der Waals surface area contributed by atoms with Crippen LogP contribution in [0, 0.1) is 17.8 Å².